The summed E-state index contributed by atoms with van der Waals surface area (Å²) in [5.74, 6) is 0.275. The highest BCUT2D eigenvalue weighted by molar-refractivity contribution is 7.99. The Bertz CT molecular complexity index is 625. The van der Waals surface area contributed by atoms with Crippen molar-refractivity contribution in [2.45, 2.75) is 63.6 Å². The largest absolute Gasteiger partial charge is 0.481 e. The molecule has 1 aromatic heterocycles. The lowest BCUT2D eigenvalue weighted by molar-refractivity contribution is -0.137. The predicted octanol–water partition coefficient (Wildman–Crippen LogP) is 4.96. The van der Waals surface area contributed by atoms with Crippen molar-refractivity contribution >= 4 is 28.8 Å². The molecule has 4 nitrogen and oxygen atoms in total. The van der Waals surface area contributed by atoms with Crippen molar-refractivity contribution in [1.82, 2.24) is 9.55 Å². The number of thioether (sulfide) groups is 1. The summed E-state index contributed by atoms with van der Waals surface area (Å²) in [6.07, 6.45) is 7.84. The second kappa shape index (κ2) is 9.60. The number of benzene rings is 1. The molecular formula is C18H26N2O2S. The normalized spacial score (nSPS) is 11.2. The first-order chi connectivity index (χ1) is 11.2. The van der Waals surface area contributed by atoms with E-state index < -0.39 is 5.97 Å². The number of rotatable bonds is 11. The highest BCUT2D eigenvalue weighted by atomic mass is 32.2. The molecule has 0 fully saturated rings. The molecule has 0 amide bonds. The van der Waals surface area contributed by atoms with Gasteiger partial charge in [-0.2, -0.15) is 0 Å². The number of nitrogens with zero attached hydrogens (tertiary/aromatic N) is 2. The summed E-state index contributed by atoms with van der Waals surface area (Å²) in [5, 5.41) is 9.90. The van der Waals surface area contributed by atoms with Gasteiger partial charge in [-0.25, -0.2) is 4.98 Å². The number of unbranched alkanes of at least 4 members (excludes halogenated alkanes) is 5. The first-order valence-corrected chi connectivity index (χ1v) is 9.50. The molecule has 0 atom stereocenters. The Balaban J connectivity index is 1.93. The zero-order valence-electron chi connectivity index (χ0n) is 13.8. The Labute approximate surface area is 142 Å². The van der Waals surface area contributed by atoms with Crippen molar-refractivity contribution in [3.8, 4) is 0 Å². The fraction of sp³-hybridized carbons (Fsp3) is 0.556. The van der Waals surface area contributed by atoms with Crippen LogP contribution in [-0.4, -0.2) is 26.4 Å². The van der Waals surface area contributed by atoms with E-state index in [9.17, 15) is 4.79 Å². The van der Waals surface area contributed by atoms with Crippen LogP contribution in [0.15, 0.2) is 29.4 Å². The molecule has 0 radical (unpaired) electrons. The Morgan fingerprint density at radius 1 is 1.17 bits per heavy atom. The molecule has 1 aromatic carbocycles. The van der Waals surface area contributed by atoms with Crippen LogP contribution in [0.25, 0.3) is 11.0 Å². The second-order valence-electron chi connectivity index (χ2n) is 5.79. The lowest BCUT2D eigenvalue weighted by Crippen LogP contribution is -2.05. The maximum atomic E-state index is 10.9. The molecule has 126 valence electrons. The molecule has 0 saturated carbocycles. The number of carbonyl (C=O) groups is 1. The molecule has 1 N–H and O–H groups in total. The van der Waals surface area contributed by atoms with Gasteiger partial charge in [-0.1, -0.05) is 62.9 Å². The van der Waals surface area contributed by atoms with Crippen LogP contribution in [0.2, 0.25) is 0 Å². The van der Waals surface area contributed by atoms with Gasteiger partial charge in [0.25, 0.3) is 0 Å². The van der Waals surface area contributed by atoms with Crippen LogP contribution in [0.3, 0.4) is 0 Å². The zero-order valence-corrected chi connectivity index (χ0v) is 14.6. The Kier molecular flexibility index (Phi) is 7.46. The molecule has 0 unspecified atom stereocenters. The Morgan fingerprint density at radius 3 is 2.70 bits per heavy atom. The van der Waals surface area contributed by atoms with E-state index in [1.807, 2.05) is 28.8 Å². The number of aryl methyl sites for hydroxylation is 1. The molecule has 0 bridgehead atoms. The number of imidazole rings is 1. The summed E-state index contributed by atoms with van der Waals surface area (Å²) < 4.78 is 2.05. The molecular weight excluding hydrogens is 308 g/mol. The number of hydrogen-bond donors (Lipinski definition) is 1. The fourth-order valence-electron chi connectivity index (χ4n) is 2.63. The van der Waals surface area contributed by atoms with E-state index in [-0.39, 0.29) is 6.42 Å². The Hall–Kier alpha value is -1.49. The van der Waals surface area contributed by atoms with Gasteiger partial charge in [-0.15, -0.1) is 0 Å². The molecule has 5 heteroatoms. The van der Waals surface area contributed by atoms with Gasteiger partial charge >= 0.3 is 5.97 Å². The number of aromatic nitrogens is 2. The molecule has 2 rings (SSSR count). The van der Waals surface area contributed by atoms with Gasteiger partial charge in [0.05, 0.1) is 17.5 Å². The molecule has 0 aliphatic rings. The van der Waals surface area contributed by atoms with Crippen molar-refractivity contribution in [2.75, 3.05) is 5.75 Å². The SMILES string of the molecule is CCCCCCCCSc1nc2ccccc2n1CCC(=O)O. The fourth-order valence-corrected chi connectivity index (χ4v) is 3.67. The number of aliphatic carboxylic acids is 1. The van der Waals surface area contributed by atoms with Crippen molar-refractivity contribution in [1.29, 1.82) is 0 Å². The molecule has 0 saturated heterocycles. The van der Waals surface area contributed by atoms with Crippen LogP contribution in [0, 0.1) is 0 Å². The first-order valence-electron chi connectivity index (χ1n) is 8.52. The van der Waals surface area contributed by atoms with Gasteiger partial charge in [0, 0.05) is 12.3 Å². The quantitative estimate of drug-likeness (QED) is 0.466. The van der Waals surface area contributed by atoms with E-state index in [2.05, 4.69) is 11.9 Å². The summed E-state index contributed by atoms with van der Waals surface area (Å²) in [4.78, 5) is 15.6. The van der Waals surface area contributed by atoms with Gasteiger partial charge in [0.1, 0.15) is 0 Å². The Morgan fingerprint density at radius 2 is 1.91 bits per heavy atom. The van der Waals surface area contributed by atoms with E-state index >= 15 is 0 Å². The van der Waals surface area contributed by atoms with Gasteiger partial charge in [0.2, 0.25) is 0 Å². The molecule has 2 aromatic rings. The smallest absolute Gasteiger partial charge is 0.305 e. The van der Waals surface area contributed by atoms with E-state index in [1.54, 1.807) is 11.8 Å². The maximum absolute atomic E-state index is 10.9. The average Bonchev–Trinajstić information content (AvgIpc) is 2.89. The summed E-state index contributed by atoms with van der Waals surface area (Å²) in [7, 11) is 0. The molecule has 23 heavy (non-hydrogen) atoms. The van der Waals surface area contributed by atoms with Crippen molar-refractivity contribution in [3.05, 3.63) is 24.3 Å². The van der Waals surface area contributed by atoms with E-state index in [0.717, 1.165) is 21.9 Å². The minimum atomic E-state index is -0.769. The van der Waals surface area contributed by atoms with E-state index in [4.69, 9.17) is 5.11 Å². The number of fused-ring (bicyclic) bond motifs is 1. The van der Waals surface area contributed by atoms with Crippen LogP contribution in [0.1, 0.15) is 51.9 Å². The van der Waals surface area contributed by atoms with Crippen molar-refractivity contribution < 1.29 is 9.90 Å². The second-order valence-corrected chi connectivity index (χ2v) is 6.86. The lowest BCUT2D eigenvalue weighted by atomic mass is 10.1. The van der Waals surface area contributed by atoms with Crippen molar-refractivity contribution in [2.24, 2.45) is 0 Å². The topological polar surface area (TPSA) is 55.1 Å². The van der Waals surface area contributed by atoms with Crippen LogP contribution in [0.4, 0.5) is 0 Å². The zero-order chi connectivity index (χ0) is 16.5. The third-order valence-corrected chi connectivity index (χ3v) is 4.96. The predicted molar refractivity (Wildman–Crippen MR) is 96.1 cm³/mol. The lowest BCUT2D eigenvalue weighted by Gasteiger charge is -2.07. The summed E-state index contributed by atoms with van der Waals surface area (Å²) in [6.45, 7) is 2.71. The maximum Gasteiger partial charge on any atom is 0.305 e. The van der Waals surface area contributed by atoms with Crippen LogP contribution >= 0.6 is 11.8 Å². The third kappa shape index (κ3) is 5.57. The summed E-state index contributed by atoms with van der Waals surface area (Å²) >= 11 is 1.75. The minimum absolute atomic E-state index is 0.130. The van der Waals surface area contributed by atoms with Crippen LogP contribution in [-0.2, 0) is 11.3 Å². The monoisotopic (exact) mass is 334 g/mol. The number of carboxylic acid groups (broad SMARTS) is 1. The molecule has 1 heterocycles. The highest BCUT2D eigenvalue weighted by Crippen LogP contribution is 2.25. The summed E-state index contributed by atoms with van der Waals surface area (Å²) in [5.41, 5.74) is 1.97. The third-order valence-electron chi connectivity index (χ3n) is 3.90. The molecule has 0 aliphatic heterocycles. The number of carboxylic acids is 1. The first kappa shape index (κ1) is 17.9. The van der Waals surface area contributed by atoms with Crippen LogP contribution < -0.4 is 0 Å². The van der Waals surface area contributed by atoms with E-state index in [1.165, 1.54) is 38.5 Å². The highest BCUT2D eigenvalue weighted by Gasteiger charge is 2.11. The molecule has 0 spiro atoms. The number of hydrogen-bond acceptors (Lipinski definition) is 3. The molecule has 0 aliphatic carbocycles. The van der Waals surface area contributed by atoms with Gasteiger partial charge in [-0.3, -0.25) is 4.79 Å². The van der Waals surface area contributed by atoms with Gasteiger partial charge in [0.15, 0.2) is 5.16 Å². The average molecular weight is 334 g/mol. The summed E-state index contributed by atoms with van der Waals surface area (Å²) in [6, 6.07) is 7.95. The van der Waals surface area contributed by atoms with Crippen molar-refractivity contribution in [3.63, 3.8) is 0 Å². The van der Waals surface area contributed by atoms with E-state index in [0.29, 0.717) is 6.54 Å². The van der Waals surface area contributed by atoms with Gasteiger partial charge in [-0.05, 0) is 18.6 Å². The standard InChI is InChI=1S/C18H26N2O2S/c1-2-3-4-5-6-9-14-23-18-19-15-10-7-8-11-16(15)20(18)13-12-17(21)22/h7-8,10-11H,2-6,9,12-14H2,1H3,(H,21,22). The minimum Gasteiger partial charge on any atom is -0.481 e. The van der Waals surface area contributed by atoms with Crippen LogP contribution in [0.5, 0.6) is 0 Å². The van der Waals surface area contributed by atoms with Gasteiger partial charge < -0.3 is 9.67 Å². The number of para-hydroxylation sites is 2.